The maximum absolute atomic E-state index is 12.8. The van der Waals surface area contributed by atoms with Crippen molar-refractivity contribution in [3.05, 3.63) is 78.0 Å². The van der Waals surface area contributed by atoms with Crippen LogP contribution in [0.2, 0.25) is 0 Å². The fraction of sp³-hybridized carbons (Fsp3) is 0.150. The number of carbonyl (C=O) groups excluding carboxylic acids is 1. The smallest absolute Gasteiger partial charge is 0.255 e. The van der Waals surface area contributed by atoms with Crippen molar-refractivity contribution >= 4 is 17.7 Å². The van der Waals surface area contributed by atoms with E-state index in [-0.39, 0.29) is 11.9 Å². The Morgan fingerprint density at radius 3 is 2.32 bits per heavy atom. The highest BCUT2D eigenvalue weighted by Crippen LogP contribution is 2.24. The van der Waals surface area contributed by atoms with Crippen LogP contribution >= 0.6 is 11.8 Å². The fourth-order valence-electron chi connectivity index (χ4n) is 2.55. The summed E-state index contributed by atoms with van der Waals surface area (Å²) in [6.45, 7) is 1.96. The Bertz CT molecular complexity index is 853. The second-order valence-corrected chi connectivity index (χ2v) is 6.36. The van der Waals surface area contributed by atoms with Gasteiger partial charge in [-0.05, 0) is 18.7 Å². The Hall–Kier alpha value is -2.66. The molecule has 3 rings (SSSR count). The Kier molecular flexibility index (Phi) is 5.46. The van der Waals surface area contributed by atoms with Gasteiger partial charge in [-0.15, -0.1) is 0 Å². The van der Waals surface area contributed by atoms with E-state index in [1.807, 2.05) is 73.8 Å². The molecule has 1 aromatic heterocycles. The van der Waals surface area contributed by atoms with Gasteiger partial charge >= 0.3 is 0 Å². The van der Waals surface area contributed by atoms with E-state index in [9.17, 15) is 4.79 Å². The topological polar surface area (TPSA) is 54.9 Å². The van der Waals surface area contributed by atoms with E-state index in [1.165, 1.54) is 11.8 Å². The zero-order valence-electron chi connectivity index (χ0n) is 14.1. The van der Waals surface area contributed by atoms with Gasteiger partial charge in [-0.3, -0.25) is 4.79 Å². The van der Waals surface area contributed by atoms with Crippen molar-refractivity contribution in [3.63, 3.8) is 0 Å². The summed E-state index contributed by atoms with van der Waals surface area (Å²) in [5.41, 5.74) is 3.08. The lowest BCUT2D eigenvalue weighted by molar-refractivity contribution is 0.0939. The molecule has 0 unspecified atom stereocenters. The van der Waals surface area contributed by atoms with Crippen LogP contribution in [-0.4, -0.2) is 22.1 Å². The summed E-state index contributed by atoms with van der Waals surface area (Å²) in [7, 11) is 0. The van der Waals surface area contributed by atoms with E-state index < -0.39 is 0 Å². The fourth-order valence-corrected chi connectivity index (χ4v) is 2.89. The predicted octanol–water partition coefficient (Wildman–Crippen LogP) is 4.36. The minimum absolute atomic E-state index is 0.0995. The molecule has 0 saturated heterocycles. The van der Waals surface area contributed by atoms with Crippen LogP contribution in [0.4, 0.5) is 0 Å². The number of rotatable bonds is 5. The highest BCUT2D eigenvalue weighted by molar-refractivity contribution is 7.98. The van der Waals surface area contributed by atoms with Gasteiger partial charge in [0.1, 0.15) is 0 Å². The SMILES string of the molecule is CSc1ncc(C(=O)N[C@@H](C)c2ccccc2)c(-c2ccccc2)n1. The molecule has 0 fully saturated rings. The van der Waals surface area contributed by atoms with Gasteiger partial charge in [-0.2, -0.15) is 0 Å². The Morgan fingerprint density at radius 1 is 1.04 bits per heavy atom. The lowest BCUT2D eigenvalue weighted by atomic mass is 10.1. The van der Waals surface area contributed by atoms with Crippen LogP contribution in [0.5, 0.6) is 0 Å². The highest BCUT2D eigenvalue weighted by atomic mass is 32.2. The molecule has 0 bridgehead atoms. The van der Waals surface area contributed by atoms with Gasteiger partial charge in [0.05, 0.1) is 17.3 Å². The third-order valence-electron chi connectivity index (χ3n) is 3.89. The van der Waals surface area contributed by atoms with E-state index in [0.29, 0.717) is 16.4 Å². The van der Waals surface area contributed by atoms with Gasteiger partial charge < -0.3 is 5.32 Å². The molecule has 0 spiro atoms. The number of carbonyl (C=O) groups is 1. The van der Waals surface area contributed by atoms with Crippen molar-refractivity contribution in [1.29, 1.82) is 0 Å². The number of hydrogen-bond donors (Lipinski definition) is 1. The second kappa shape index (κ2) is 7.94. The molecule has 4 nitrogen and oxygen atoms in total. The molecule has 0 radical (unpaired) electrons. The number of aromatic nitrogens is 2. The second-order valence-electron chi connectivity index (χ2n) is 5.59. The van der Waals surface area contributed by atoms with Crippen LogP contribution in [0.1, 0.15) is 28.9 Å². The predicted molar refractivity (Wildman–Crippen MR) is 102 cm³/mol. The van der Waals surface area contributed by atoms with Crippen LogP contribution in [0.15, 0.2) is 72.0 Å². The molecule has 1 atom stereocenters. The quantitative estimate of drug-likeness (QED) is 0.549. The number of benzene rings is 2. The number of thioether (sulfide) groups is 1. The van der Waals surface area contributed by atoms with E-state index >= 15 is 0 Å². The van der Waals surface area contributed by atoms with Crippen LogP contribution in [0, 0.1) is 0 Å². The number of nitrogens with one attached hydrogen (secondary N) is 1. The molecule has 2 aromatic carbocycles. The van der Waals surface area contributed by atoms with Gasteiger partial charge in [0.25, 0.3) is 5.91 Å². The summed E-state index contributed by atoms with van der Waals surface area (Å²) in [6.07, 6.45) is 3.52. The summed E-state index contributed by atoms with van der Waals surface area (Å²) >= 11 is 1.45. The Balaban J connectivity index is 1.92. The zero-order chi connectivity index (χ0) is 17.6. The van der Waals surface area contributed by atoms with Crippen LogP contribution in [0.25, 0.3) is 11.3 Å². The number of hydrogen-bond acceptors (Lipinski definition) is 4. The molecule has 0 saturated carbocycles. The van der Waals surface area contributed by atoms with Crippen molar-refractivity contribution in [2.45, 2.75) is 18.1 Å². The molecule has 3 aromatic rings. The molecule has 0 aliphatic heterocycles. The third-order valence-corrected chi connectivity index (χ3v) is 4.45. The summed E-state index contributed by atoms with van der Waals surface area (Å²) in [6, 6.07) is 19.5. The van der Waals surface area contributed by atoms with Gasteiger partial charge in [0, 0.05) is 11.8 Å². The van der Waals surface area contributed by atoms with Crippen LogP contribution in [-0.2, 0) is 0 Å². The van der Waals surface area contributed by atoms with Crippen LogP contribution in [0.3, 0.4) is 0 Å². The van der Waals surface area contributed by atoms with E-state index in [2.05, 4.69) is 15.3 Å². The molecule has 1 heterocycles. The molecule has 126 valence electrons. The van der Waals surface area contributed by atoms with E-state index in [4.69, 9.17) is 0 Å². The van der Waals surface area contributed by atoms with Crippen molar-refractivity contribution < 1.29 is 4.79 Å². The molecule has 0 aliphatic rings. The number of nitrogens with zero attached hydrogens (tertiary/aromatic N) is 2. The lowest BCUT2D eigenvalue weighted by Gasteiger charge is -2.16. The Morgan fingerprint density at radius 2 is 1.68 bits per heavy atom. The molecule has 5 heteroatoms. The summed E-state index contributed by atoms with van der Waals surface area (Å²) in [5, 5.41) is 3.68. The minimum Gasteiger partial charge on any atom is -0.345 e. The van der Waals surface area contributed by atoms with Crippen molar-refractivity contribution in [1.82, 2.24) is 15.3 Å². The summed E-state index contributed by atoms with van der Waals surface area (Å²) < 4.78 is 0. The van der Waals surface area contributed by atoms with Crippen molar-refractivity contribution in [3.8, 4) is 11.3 Å². The molecular weight excluding hydrogens is 330 g/mol. The van der Waals surface area contributed by atoms with Crippen molar-refractivity contribution in [2.24, 2.45) is 0 Å². The first-order chi connectivity index (χ1) is 12.2. The summed E-state index contributed by atoms with van der Waals surface area (Å²) in [4.78, 5) is 21.7. The highest BCUT2D eigenvalue weighted by Gasteiger charge is 2.18. The first-order valence-electron chi connectivity index (χ1n) is 8.01. The largest absolute Gasteiger partial charge is 0.345 e. The standard InChI is InChI=1S/C20H19N3OS/c1-14(15-9-5-3-6-10-15)22-19(24)17-13-21-20(25-2)23-18(17)16-11-7-4-8-12-16/h3-14H,1-2H3,(H,22,24)/t14-/m0/s1. The minimum atomic E-state index is -0.178. The molecule has 1 N–H and O–H groups in total. The van der Waals surface area contributed by atoms with Crippen molar-refractivity contribution in [2.75, 3.05) is 6.26 Å². The Labute approximate surface area is 151 Å². The molecule has 25 heavy (non-hydrogen) atoms. The molecule has 0 aliphatic carbocycles. The molecule has 1 amide bonds. The van der Waals surface area contributed by atoms with Crippen LogP contribution < -0.4 is 5.32 Å². The maximum Gasteiger partial charge on any atom is 0.255 e. The maximum atomic E-state index is 12.8. The number of amides is 1. The zero-order valence-corrected chi connectivity index (χ0v) is 15.0. The average Bonchev–Trinajstić information content (AvgIpc) is 2.68. The first kappa shape index (κ1) is 17.2. The van der Waals surface area contributed by atoms with E-state index in [1.54, 1.807) is 6.20 Å². The first-order valence-corrected chi connectivity index (χ1v) is 9.24. The van der Waals surface area contributed by atoms with Gasteiger partial charge in [0.2, 0.25) is 0 Å². The monoisotopic (exact) mass is 349 g/mol. The third kappa shape index (κ3) is 4.06. The molecular formula is C20H19N3OS. The summed E-state index contributed by atoms with van der Waals surface area (Å²) in [5.74, 6) is -0.178. The normalized spacial score (nSPS) is 11.8. The van der Waals surface area contributed by atoms with Gasteiger partial charge in [0.15, 0.2) is 5.16 Å². The average molecular weight is 349 g/mol. The lowest BCUT2D eigenvalue weighted by Crippen LogP contribution is -2.27. The van der Waals surface area contributed by atoms with Gasteiger partial charge in [-0.25, -0.2) is 9.97 Å². The van der Waals surface area contributed by atoms with E-state index in [0.717, 1.165) is 11.1 Å². The van der Waals surface area contributed by atoms with Gasteiger partial charge in [-0.1, -0.05) is 72.4 Å².